The molecule has 2 N–H and O–H groups in total. The average molecular weight is 252 g/mol. The van der Waals surface area contributed by atoms with Crippen LogP contribution in [-0.2, 0) is 0 Å². The fourth-order valence-electron chi connectivity index (χ4n) is 2.72. The van der Waals surface area contributed by atoms with Gasteiger partial charge in [0, 0.05) is 6.04 Å². The number of halogens is 3. The van der Waals surface area contributed by atoms with Gasteiger partial charge in [-0.15, -0.1) is 0 Å². The van der Waals surface area contributed by atoms with E-state index in [2.05, 4.69) is 0 Å². The number of hydrogen-bond acceptors (Lipinski definition) is 2. The Balaban J connectivity index is 2.80. The molecule has 5 heteroatoms. The zero-order valence-corrected chi connectivity index (χ0v) is 10.5. The number of nitrogens with two attached hydrogens (primary N) is 1. The highest BCUT2D eigenvalue weighted by Crippen LogP contribution is 2.32. The standard InChI is InChI=1S/C12H23F3N2/c1-2-10-6-4-3-5-9-17(10)11(7-8-16)12(13,14)15/h10-11H,2-9,16H2,1H3. The van der Waals surface area contributed by atoms with Crippen molar-refractivity contribution in [3.05, 3.63) is 0 Å². The van der Waals surface area contributed by atoms with E-state index in [1.807, 2.05) is 6.92 Å². The van der Waals surface area contributed by atoms with Crippen LogP contribution in [0.25, 0.3) is 0 Å². The molecule has 0 amide bonds. The highest BCUT2D eigenvalue weighted by molar-refractivity contribution is 4.85. The lowest BCUT2D eigenvalue weighted by Crippen LogP contribution is -2.51. The Labute approximate surface area is 101 Å². The van der Waals surface area contributed by atoms with Crippen LogP contribution in [0.5, 0.6) is 0 Å². The summed E-state index contributed by atoms with van der Waals surface area (Å²) in [6.45, 7) is 2.62. The van der Waals surface area contributed by atoms with Gasteiger partial charge in [0.1, 0.15) is 6.04 Å². The van der Waals surface area contributed by atoms with E-state index in [0.717, 1.165) is 32.1 Å². The maximum atomic E-state index is 13.0. The van der Waals surface area contributed by atoms with E-state index in [-0.39, 0.29) is 19.0 Å². The van der Waals surface area contributed by atoms with Gasteiger partial charge in [-0.1, -0.05) is 19.8 Å². The van der Waals surface area contributed by atoms with Crippen molar-refractivity contribution in [3.63, 3.8) is 0 Å². The molecule has 0 radical (unpaired) electrons. The van der Waals surface area contributed by atoms with Crippen molar-refractivity contribution in [2.45, 2.75) is 63.7 Å². The molecule has 0 aromatic rings. The molecule has 1 aliphatic rings. The summed E-state index contributed by atoms with van der Waals surface area (Å²) < 4.78 is 39.1. The minimum atomic E-state index is -4.16. The van der Waals surface area contributed by atoms with Gasteiger partial charge in [0.25, 0.3) is 0 Å². The van der Waals surface area contributed by atoms with Crippen LogP contribution in [0, 0.1) is 0 Å². The molecule has 2 atom stereocenters. The number of nitrogens with zero attached hydrogens (tertiary/aromatic N) is 1. The van der Waals surface area contributed by atoms with Crippen molar-refractivity contribution < 1.29 is 13.2 Å². The highest BCUT2D eigenvalue weighted by Gasteiger charge is 2.44. The molecule has 1 saturated heterocycles. The second-order valence-corrected chi connectivity index (χ2v) is 4.78. The van der Waals surface area contributed by atoms with Crippen LogP contribution in [0.15, 0.2) is 0 Å². The molecule has 1 fully saturated rings. The Morgan fingerprint density at radius 3 is 2.53 bits per heavy atom. The third-order valence-electron chi connectivity index (χ3n) is 3.61. The average Bonchev–Trinajstić information content (AvgIpc) is 2.48. The molecular formula is C12H23F3N2. The third kappa shape index (κ3) is 4.14. The number of hydrogen-bond donors (Lipinski definition) is 1. The minimum Gasteiger partial charge on any atom is -0.330 e. The van der Waals surface area contributed by atoms with Crippen LogP contribution >= 0.6 is 0 Å². The first-order chi connectivity index (χ1) is 8.00. The van der Waals surface area contributed by atoms with Crippen molar-refractivity contribution in [2.24, 2.45) is 5.73 Å². The predicted octanol–water partition coefficient (Wildman–Crippen LogP) is 2.92. The fraction of sp³-hybridized carbons (Fsp3) is 1.00. The SMILES string of the molecule is CCC1CCCCCN1C(CCN)C(F)(F)F. The van der Waals surface area contributed by atoms with Gasteiger partial charge in [0.15, 0.2) is 0 Å². The Morgan fingerprint density at radius 2 is 2.00 bits per heavy atom. The van der Waals surface area contributed by atoms with Crippen molar-refractivity contribution in [3.8, 4) is 0 Å². The minimum absolute atomic E-state index is 0.0139. The molecule has 1 rings (SSSR count). The van der Waals surface area contributed by atoms with Gasteiger partial charge in [-0.25, -0.2) is 0 Å². The molecule has 102 valence electrons. The van der Waals surface area contributed by atoms with Crippen LogP contribution in [-0.4, -0.2) is 36.2 Å². The summed E-state index contributed by atoms with van der Waals surface area (Å²) in [5.74, 6) is 0. The second kappa shape index (κ2) is 6.59. The molecule has 1 heterocycles. The summed E-state index contributed by atoms with van der Waals surface area (Å²) in [7, 11) is 0. The normalized spacial score (nSPS) is 25.6. The quantitative estimate of drug-likeness (QED) is 0.833. The van der Waals surface area contributed by atoms with Gasteiger partial charge in [-0.05, 0) is 38.8 Å². The van der Waals surface area contributed by atoms with Crippen LogP contribution in [0.4, 0.5) is 13.2 Å². The van der Waals surface area contributed by atoms with Gasteiger partial charge in [0.2, 0.25) is 0 Å². The van der Waals surface area contributed by atoms with Crippen molar-refractivity contribution in [2.75, 3.05) is 13.1 Å². The third-order valence-corrected chi connectivity index (χ3v) is 3.61. The van der Waals surface area contributed by atoms with Gasteiger partial charge < -0.3 is 5.73 Å². The monoisotopic (exact) mass is 252 g/mol. The maximum Gasteiger partial charge on any atom is 0.404 e. The number of alkyl halides is 3. The fourth-order valence-corrected chi connectivity index (χ4v) is 2.72. The first-order valence-electron chi connectivity index (χ1n) is 6.53. The Kier molecular flexibility index (Phi) is 5.73. The predicted molar refractivity (Wildman–Crippen MR) is 62.8 cm³/mol. The van der Waals surface area contributed by atoms with Crippen LogP contribution in [0.2, 0.25) is 0 Å². The molecule has 0 spiro atoms. The van der Waals surface area contributed by atoms with Crippen molar-refractivity contribution in [1.82, 2.24) is 4.90 Å². The van der Waals surface area contributed by atoms with Crippen LogP contribution < -0.4 is 5.73 Å². The Bertz CT molecular complexity index is 218. The van der Waals surface area contributed by atoms with Crippen molar-refractivity contribution >= 4 is 0 Å². The molecule has 0 bridgehead atoms. The first-order valence-corrected chi connectivity index (χ1v) is 6.53. The van der Waals surface area contributed by atoms with Crippen LogP contribution in [0.1, 0.15) is 45.4 Å². The first kappa shape index (κ1) is 14.8. The van der Waals surface area contributed by atoms with Gasteiger partial charge in [-0.2, -0.15) is 13.2 Å². The molecule has 2 unspecified atom stereocenters. The van der Waals surface area contributed by atoms with Gasteiger partial charge >= 0.3 is 6.18 Å². The lowest BCUT2D eigenvalue weighted by Gasteiger charge is -2.37. The lowest BCUT2D eigenvalue weighted by molar-refractivity contribution is -0.191. The van der Waals surface area contributed by atoms with E-state index in [1.165, 1.54) is 0 Å². The van der Waals surface area contributed by atoms with Gasteiger partial charge in [0.05, 0.1) is 0 Å². The molecule has 0 aromatic carbocycles. The zero-order chi connectivity index (χ0) is 12.9. The molecule has 17 heavy (non-hydrogen) atoms. The molecule has 1 aliphatic heterocycles. The molecular weight excluding hydrogens is 229 g/mol. The van der Waals surface area contributed by atoms with Gasteiger partial charge in [-0.3, -0.25) is 4.90 Å². The number of likely N-dealkylation sites (tertiary alicyclic amines) is 1. The molecule has 0 aliphatic carbocycles. The maximum absolute atomic E-state index is 13.0. The highest BCUT2D eigenvalue weighted by atomic mass is 19.4. The van der Waals surface area contributed by atoms with E-state index in [0.29, 0.717) is 6.54 Å². The van der Waals surface area contributed by atoms with E-state index < -0.39 is 12.2 Å². The second-order valence-electron chi connectivity index (χ2n) is 4.78. The summed E-state index contributed by atoms with van der Waals surface area (Å²) in [6.07, 6.45) is 0.484. The van der Waals surface area contributed by atoms with E-state index in [1.54, 1.807) is 4.90 Å². The summed E-state index contributed by atoms with van der Waals surface area (Å²) in [5, 5.41) is 0. The molecule has 0 aromatic heterocycles. The molecule has 0 saturated carbocycles. The summed E-state index contributed by atoms with van der Waals surface area (Å²) in [4.78, 5) is 1.65. The topological polar surface area (TPSA) is 29.3 Å². The van der Waals surface area contributed by atoms with E-state index in [4.69, 9.17) is 5.73 Å². The van der Waals surface area contributed by atoms with E-state index in [9.17, 15) is 13.2 Å². The lowest BCUT2D eigenvalue weighted by atomic mass is 10.0. The van der Waals surface area contributed by atoms with Crippen LogP contribution in [0.3, 0.4) is 0 Å². The largest absolute Gasteiger partial charge is 0.404 e. The molecule has 2 nitrogen and oxygen atoms in total. The smallest absolute Gasteiger partial charge is 0.330 e. The summed E-state index contributed by atoms with van der Waals surface area (Å²) in [6, 6.07) is -1.29. The Hall–Kier alpha value is -0.290. The zero-order valence-electron chi connectivity index (χ0n) is 10.5. The summed E-state index contributed by atoms with van der Waals surface area (Å²) in [5.41, 5.74) is 5.33. The van der Waals surface area contributed by atoms with Crippen molar-refractivity contribution in [1.29, 1.82) is 0 Å². The van der Waals surface area contributed by atoms with E-state index >= 15 is 0 Å². The number of rotatable bonds is 4. The Morgan fingerprint density at radius 1 is 1.29 bits per heavy atom. The summed E-state index contributed by atoms with van der Waals surface area (Å²) >= 11 is 0.